The molecular weight excluding hydrogens is 124 g/mol. The summed E-state index contributed by atoms with van der Waals surface area (Å²) in [5, 5.41) is 17.6. The molecule has 2 fully saturated rings. The molecule has 4 unspecified atom stereocenters. The molecule has 2 heterocycles. The Bertz CT molecular complexity index is 126. The predicted molar refractivity (Wildman–Crippen MR) is 26.6 cm³/mol. The van der Waals surface area contributed by atoms with Crippen LogP contribution in [0.5, 0.6) is 0 Å². The highest BCUT2D eigenvalue weighted by atomic mass is 16.8. The standard InChI is InChI=1S/C5H8O4/c6-1-2-3(7)4-5(8-2)9-4/h2-7H,1H2. The monoisotopic (exact) mass is 132 g/mol. The minimum absolute atomic E-state index is 0.127. The summed E-state index contributed by atoms with van der Waals surface area (Å²) in [4.78, 5) is 0. The largest absolute Gasteiger partial charge is 0.394 e. The maximum Gasteiger partial charge on any atom is 0.187 e. The zero-order valence-corrected chi connectivity index (χ0v) is 4.73. The number of fused-ring (bicyclic) bond motifs is 1. The van der Waals surface area contributed by atoms with Gasteiger partial charge in [-0.1, -0.05) is 0 Å². The third-order valence-electron chi connectivity index (χ3n) is 1.69. The molecule has 9 heavy (non-hydrogen) atoms. The summed E-state index contributed by atoms with van der Waals surface area (Å²) in [6, 6.07) is 0. The van der Waals surface area contributed by atoms with E-state index in [9.17, 15) is 0 Å². The lowest BCUT2D eigenvalue weighted by Crippen LogP contribution is -2.30. The van der Waals surface area contributed by atoms with Crippen molar-refractivity contribution in [1.82, 2.24) is 0 Å². The minimum Gasteiger partial charge on any atom is -0.394 e. The van der Waals surface area contributed by atoms with Crippen LogP contribution < -0.4 is 0 Å². The van der Waals surface area contributed by atoms with Gasteiger partial charge >= 0.3 is 0 Å². The van der Waals surface area contributed by atoms with Gasteiger partial charge in [0.05, 0.1) is 6.61 Å². The van der Waals surface area contributed by atoms with E-state index in [4.69, 9.17) is 19.7 Å². The Morgan fingerprint density at radius 1 is 1.33 bits per heavy atom. The van der Waals surface area contributed by atoms with Gasteiger partial charge in [0.15, 0.2) is 6.29 Å². The molecule has 2 aliphatic rings. The van der Waals surface area contributed by atoms with Crippen molar-refractivity contribution in [1.29, 1.82) is 0 Å². The second-order valence-corrected chi connectivity index (χ2v) is 2.32. The highest BCUT2D eigenvalue weighted by Crippen LogP contribution is 2.36. The fourth-order valence-electron chi connectivity index (χ4n) is 1.08. The lowest BCUT2D eigenvalue weighted by Gasteiger charge is -2.12. The van der Waals surface area contributed by atoms with Crippen LogP contribution in [0.15, 0.2) is 0 Å². The number of aliphatic hydroxyl groups excluding tert-OH is 2. The number of hydrogen-bond donors (Lipinski definition) is 2. The van der Waals surface area contributed by atoms with Crippen LogP contribution in [0.25, 0.3) is 0 Å². The third kappa shape index (κ3) is 0.679. The van der Waals surface area contributed by atoms with Gasteiger partial charge in [-0.2, -0.15) is 0 Å². The van der Waals surface area contributed by atoms with Crippen LogP contribution in [-0.2, 0) is 9.47 Å². The molecule has 0 radical (unpaired) electrons. The molecular formula is C5H8O4. The lowest BCUT2D eigenvalue weighted by molar-refractivity contribution is -0.0872. The molecule has 0 aromatic rings. The Hall–Kier alpha value is -0.160. The smallest absolute Gasteiger partial charge is 0.187 e. The van der Waals surface area contributed by atoms with Gasteiger partial charge in [0.2, 0.25) is 0 Å². The topological polar surface area (TPSA) is 62.2 Å². The van der Waals surface area contributed by atoms with Crippen molar-refractivity contribution in [2.24, 2.45) is 0 Å². The van der Waals surface area contributed by atoms with Gasteiger partial charge in [-0.25, -0.2) is 0 Å². The summed E-state index contributed by atoms with van der Waals surface area (Å²) >= 11 is 0. The second kappa shape index (κ2) is 1.67. The van der Waals surface area contributed by atoms with E-state index in [0.29, 0.717) is 0 Å². The van der Waals surface area contributed by atoms with Crippen LogP contribution in [0.4, 0.5) is 0 Å². The van der Waals surface area contributed by atoms with Gasteiger partial charge in [0.25, 0.3) is 0 Å². The fourth-order valence-corrected chi connectivity index (χ4v) is 1.08. The lowest BCUT2D eigenvalue weighted by atomic mass is 10.2. The number of hydrogen-bond acceptors (Lipinski definition) is 4. The first kappa shape index (κ1) is 5.61. The molecule has 0 aromatic heterocycles. The molecule has 52 valence electrons. The van der Waals surface area contributed by atoms with Gasteiger partial charge < -0.3 is 19.7 Å². The quantitative estimate of drug-likeness (QED) is 0.424. The first-order chi connectivity index (χ1) is 4.33. The van der Waals surface area contributed by atoms with E-state index in [0.717, 1.165) is 0 Å². The molecule has 4 heteroatoms. The maximum atomic E-state index is 9.09. The van der Waals surface area contributed by atoms with Crippen molar-refractivity contribution in [2.45, 2.75) is 24.6 Å². The fraction of sp³-hybridized carbons (Fsp3) is 1.00. The van der Waals surface area contributed by atoms with Crippen molar-refractivity contribution in [3.63, 3.8) is 0 Å². The summed E-state index contributed by atoms with van der Waals surface area (Å²) in [6.07, 6.45) is -1.45. The molecule has 0 bridgehead atoms. The first-order valence-electron chi connectivity index (χ1n) is 2.93. The molecule has 4 nitrogen and oxygen atoms in total. The normalized spacial score (nSPS) is 55.3. The van der Waals surface area contributed by atoms with Gasteiger partial charge in [-0.3, -0.25) is 0 Å². The molecule has 0 aliphatic carbocycles. The van der Waals surface area contributed by atoms with Crippen molar-refractivity contribution < 1.29 is 19.7 Å². The number of ether oxygens (including phenoxy) is 2. The highest BCUT2D eigenvalue weighted by Gasteiger charge is 2.56. The Balaban J connectivity index is 1.99. The Kier molecular flexibility index (Phi) is 1.04. The van der Waals surface area contributed by atoms with Crippen LogP contribution in [0.2, 0.25) is 0 Å². The Morgan fingerprint density at radius 3 is 2.44 bits per heavy atom. The molecule has 2 rings (SSSR count). The predicted octanol–water partition coefficient (Wildman–Crippen LogP) is -1.54. The van der Waals surface area contributed by atoms with Gasteiger partial charge in [-0.05, 0) is 0 Å². The zero-order chi connectivity index (χ0) is 6.43. The molecule has 0 amide bonds. The van der Waals surface area contributed by atoms with E-state index in [2.05, 4.69) is 0 Å². The number of aliphatic hydroxyl groups is 2. The molecule has 0 spiro atoms. The van der Waals surface area contributed by atoms with Crippen LogP contribution in [0.3, 0.4) is 0 Å². The molecule has 4 atom stereocenters. The van der Waals surface area contributed by atoms with E-state index in [1.807, 2.05) is 0 Å². The third-order valence-corrected chi connectivity index (χ3v) is 1.69. The van der Waals surface area contributed by atoms with Crippen LogP contribution in [0.1, 0.15) is 0 Å². The van der Waals surface area contributed by atoms with E-state index >= 15 is 0 Å². The van der Waals surface area contributed by atoms with Crippen molar-refractivity contribution in [3.05, 3.63) is 0 Å². The van der Waals surface area contributed by atoms with E-state index in [-0.39, 0.29) is 19.0 Å². The molecule has 2 N–H and O–H groups in total. The van der Waals surface area contributed by atoms with Crippen LogP contribution >= 0.6 is 0 Å². The molecule has 2 saturated heterocycles. The summed E-state index contributed by atoms with van der Waals surface area (Å²) in [5.41, 5.74) is 0. The van der Waals surface area contributed by atoms with Gasteiger partial charge in [0.1, 0.15) is 18.3 Å². The van der Waals surface area contributed by atoms with Crippen LogP contribution in [0, 0.1) is 0 Å². The molecule has 0 aromatic carbocycles. The van der Waals surface area contributed by atoms with Crippen molar-refractivity contribution in [3.8, 4) is 0 Å². The summed E-state index contributed by atoms with van der Waals surface area (Å²) < 4.78 is 9.79. The van der Waals surface area contributed by atoms with Crippen molar-refractivity contribution in [2.75, 3.05) is 6.61 Å². The van der Waals surface area contributed by atoms with E-state index in [1.54, 1.807) is 0 Å². The highest BCUT2D eigenvalue weighted by molar-refractivity contribution is 4.96. The Morgan fingerprint density at radius 2 is 2.11 bits per heavy atom. The zero-order valence-electron chi connectivity index (χ0n) is 4.73. The summed E-state index contributed by atoms with van der Waals surface area (Å²) in [7, 11) is 0. The average molecular weight is 132 g/mol. The summed E-state index contributed by atoms with van der Waals surface area (Å²) in [6.45, 7) is -0.127. The number of epoxide rings is 1. The average Bonchev–Trinajstić information content (AvgIpc) is 2.55. The molecule has 2 aliphatic heterocycles. The SMILES string of the molecule is OCC1OC2OC2C1O. The summed E-state index contributed by atoms with van der Waals surface area (Å²) in [5.74, 6) is 0. The van der Waals surface area contributed by atoms with E-state index < -0.39 is 12.2 Å². The molecule has 0 saturated carbocycles. The maximum absolute atomic E-state index is 9.09. The van der Waals surface area contributed by atoms with E-state index in [1.165, 1.54) is 0 Å². The Labute approximate surface area is 52.0 Å². The van der Waals surface area contributed by atoms with Crippen molar-refractivity contribution >= 4 is 0 Å². The first-order valence-corrected chi connectivity index (χ1v) is 2.93. The van der Waals surface area contributed by atoms with Gasteiger partial charge in [-0.15, -0.1) is 0 Å². The minimum atomic E-state index is -0.625. The van der Waals surface area contributed by atoms with Gasteiger partial charge in [0, 0.05) is 0 Å². The number of rotatable bonds is 1. The second-order valence-electron chi connectivity index (χ2n) is 2.32. The van der Waals surface area contributed by atoms with Crippen LogP contribution in [-0.4, -0.2) is 41.4 Å².